The highest BCUT2D eigenvalue weighted by atomic mass is 35.5. The minimum absolute atomic E-state index is 0. The van der Waals surface area contributed by atoms with Gasteiger partial charge in [-0.05, 0) is 25.5 Å². The first-order valence-corrected chi connectivity index (χ1v) is 5.22. The quantitative estimate of drug-likeness (QED) is 0.856. The summed E-state index contributed by atoms with van der Waals surface area (Å²) in [6.07, 6.45) is 1.56. The van der Waals surface area contributed by atoms with Crippen LogP contribution in [0.1, 0.15) is 17.5 Å². The molecule has 1 heterocycles. The second-order valence-electron chi connectivity index (χ2n) is 3.91. The molecule has 0 unspecified atom stereocenters. The fourth-order valence-electron chi connectivity index (χ4n) is 1.67. The van der Waals surface area contributed by atoms with Crippen molar-refractivity contribution < 1.29 is 4.74 Å². The van der Waals surface area contributed by atoms with E-state index in [1.807, 2.05) is 0 Å². The largest absolute Gasteiger partial charge is 0.372 e. The third-order valence-electron chi connectivity index (χ3n) is 2.62. The molecule has 15 heavy (non-hydrogen) atoms. The SMILES string of the molecule is Cc1ccc(CO[C@H]2CCNC2)cc1.Cl. The van der Waals surface area contributed by atoms with Crippen LogP contribution >= 0.6 is 12.4 Å². The van der Waals surface area contributed by atoms with Crippen molar-refractivity contribution in [1.29, 1.82) is 0 Å². The molecule has 1 aromatic carbocycles. The standard InChI is InChI=1S/C12H17NO.ClH/c1-10-2-4-11(5-3-10)9-14-12-6-7-13-8-12;/h2-5,12-13H,6-9H2,1H3;1H/t12-;/m0./s1. The summed E-state index contributed by atoms with van der Waals surface area (Å²) in [5.41, 5.74) is 2.57. The van der Waals surface area contributed by atoms with Gasteiger partial charge >= 0.3 is 0 Å². The second-order valence-corrected chi connectivity index (χ2v) is 3.91. The lowest BCUT2D eigenvalue weighted by Gasteiger charge is -2.10. The average Bonchev–Trinajstić information content (AvgIpc) is 2.70. The molecule has 1 N–H and O–H groups in total. The molecule has 1 aliphatic rings. The van der Waals surface area contributed by atoms with Crippen LogP contribution in [0.15, 0.2) is 24.3 Å². The van der Waals surface area contributed by atoms with Crippen molar-refractivity contribution in [1.82, 2.24) is 5.32 Å². The van der Waals surface area contributed by atoms with Gasteiger partial charge in [0.05, 0.1) is 12.7 Å². The van der Waals surface area contributed by atoms with Crippen LogP contribution in [0, 0.1) is 6.92 Å². The van der Waals surface area contributed by atoms with Gasteiger partial charge in [0, 0.05) is 6.54 Å². The van der Waals surface area contributed by atoms with Gasteiger partial charge < -0.3 is 10.1 Å². The zero-order valence-corrected chi connectivity index (χ0v) is 9.85. The topological polar surface area (TPSA) is 21.3 Å². The van der Waals surface area contributed by atoms with Gasteiger partial charge in [-0.1, -0.05) is 29.8 Å². The number of ether oxygens (including phenoxy) is 1. The molecular formula is C12H18ClNO. The van der Waals surface area contributed by atoms with Crippen molar-refractivity contribution in [2.75, 3.05) is 13.1 Å². The highest BCUT2D eigenvalue weighted by Crippen LogP contribution is 2.09. The van der Waals surface area contributed by atoms with E-state index in [1.54, 1.807) is 0 Å². The smallest absolute Gasteiger partial charge is 0.0721 e. The predicted octanol–water partition coefficient (Wildman–Crippen LogP) is 2.30. The van der Waals surface area contributed by atoms with Crippen LogP contribution in [-0.2, 0) is 11.3 Å². The van der Waals surface area contributed by atoms with Crippen LogP contribution in [0.3, 0.4) is 0 Å². The van der Waals surface area contributed by atoms with E-state index in [-0.39, 0.29) is 12.4 Å². The summed E-state index contributed by atoms with van der Waals surface area (Å²) in [5.74, 6) is 0. The molecule has 2 nitrogen and oxygen atoms in total. The number of nitrogens with one attached hydrogen (secondary N) is 1. The molecule has 0 aliphatic carbocycles. The minimum atomic E-state index is 0. The predicted molar refractivity (Wildman–Crippen MR) is 64.5 cm³/mol. The summed E-state index contributed by atoms with van der Waals surface area (Å²) in [6.45, 7) is 4.95. The van der Waals surface area contributed by atoms with E-state index in [9.17, 15) is 0 Å². The normalized spacial score (nSPS) is 19.9. The Hall–Kier alpha value is -0.570. The third-order valence-corrected chi connectivity index (χ3v) is 2.62. The molecule has 1 atom stereocenters. The maximum Gasteiger partial charge on any atom is 0.0721 e. The molecule has 0 amide bonds. The Morgan fingerprint density at radius 3 is 2.67 bits per heavy atom. The van der Waals surface area contributed by atoms with Gasteiger partial charge in [-0.2, -0.15) is 0 Å². The first-order valence-electron chi connectivity index (χ1n) is 5.22. The lowest BCUT2D eigenvalue weighted by atomic mass is 10.2. The van der Waals surface area contributed by atoms with Gasteiger partial charge in [0.25, 0.3) is 0 Å². The van der Waals surface area contributed by atoms with Gasteiger partial charge in [-0.25, -0.2) is 0 Å². The molecule has 0 spiro atoms. The number of hydrogen-bond donors (Lipinski definition) is 1. The van der Waals surface area contributed by atoms with Crippen LogP contribution < -0.4 is 5.32 Å². The molecule has 0 radical (unpaired) electrons. The van der Waals surface area contributed by atoms with Crippen molar-refractivity contribution in [2.24, 2.45) is 0 Å². The molecule has 84 valence electrons. The van der Waals surface area contributed by atoms with Crippen molar-refractivity contribution in [3.05, 3.63) is 35.4 Å². The number of aryl methyl sites for hydroxylation is 1. The van der Waals surface area contributed by atoms with Crippen molar-refractivity contribution >= 4 is 12.4 Å². The summed E-state index contributed by atoms with van der Waals surface area (Å²) in [7, 11) is 0. The fourth-order valence-corrected chi connectivity index (χ4v) is 1.67. The Bertz CT molecular complexity index is 280. The molecule has 1 aliphatic heterocycles. The van der Waals surface area contributed by atoms with E-state index in [1.165, 1.54) is 11.1 Å². The molecule has 1 aromatic rings. The molecule has 0 saturated carbocycles. The Morgan fingerprint density at radius 2 is 2.07 bits per heavy atom. The van der Waals surface area contributed by atoms with Crippen LogP contribution in [-0.4, -0.2) is 19.2 Å². The minimum Gasteiger partial charge on any atom is -0.372 e. The van der Waals surface area contributed by atoms with Gasteiger partial charge in [-0.3, -0.25) is 0 Å². The van der Waals surface area contributed by atoms with Crippen molar-refractivity contribution in [2.45, 2.75) is 26.1 Å². The van der Waals surface area contributed by atoms with Gasteiger partial charge in [-0.15, -0.1) is 12.4 Å². The van der Waals surface area contributed by atoms with Crippen LogP contribution in [0.4, 0.5) is 0 Å². The first kappa shape index (κ1) is 12.5. The molecule has 1 fully saturated rings. The molecule has 3 heteroatoms. The Kier molecular flexibility index (Phi) is 5.09. The zero-order valence-electron chi connectivity index (χ0n) is 9.03. The van der Waals surface area contributed by atoms with Gasteiger partial charge in [0.2, 0.25) is 0 Å². The second kappa shape index (κ2) is 6.11. The maximum atomic E-state index is 5.77. The highest BCUT2D eigenvalue weighted by molar-refractivity contribution is 5.85. The number of rotatable bonds is 3. The van der Waals surface area contributed by atoms with Crippen molar-refractivity contribution in [3.8, 4) is 0 Å². The van der Waals surface area contributed by atoms with E-state index in [2.05, 4.69) is 36.5 Å². The van der Waals surface area contributed by atoms with E-state index < -0.39 is 0 Å². The highest BCUT2D eigenvalue weighted by Gasteiger charge is 2.14. The number of halogens is 1. The van der Waals surface area contributed by atoms with Crippen LogP contribution in [0.25, 0.3) is 0 Å². The lowest BCUT2D eigenvalue weighted by Crippen LogP contribution is -2.16. The maximum absolute atomic E-state index is 5.77. The number of hydrogen-bond acceptors (Lipinski definition) is 2. The molecular weight excluding hydrogens is 210 g/mol. The Morgan fingerprint density at radius 1 is 1.33 bits per heavy atom. The van der Waals surface area contributed by atoms with E-state index in [0.29, 0.717) is 6.10 Å². The molecule has 0 bridgehead atoms. The number of benzene rings is 1. The van der Waals surface area contributed by atoms with Gasteiger partial charge in [0.15, 0.2) is 0 Å². The molecule has 2 rings (SSSR count). The van der Waals surface area contributed by atoms with Gasteiger partial charge in [0.1, 0.15) is 0 Å². The Labute approximate surface area is 97.4 Å². The van der Waals surface area contributed by atoms with E-state index in [4.69, 9.17) is 4.74 Å². The van der Waals surface area contributed by atoms with E-state index >= 15 is 0 Å². The van der Waals surface area contributed by atoms with Crippen molar-refractivity contribution in [3.63, 3.8) is 0 Å². The average molecular weight is 228 g/mol. The third kappa shape index (κ3) is 3.82. The van der Waals surface area contributed by atoms with E-state index in [0.717, 1.165) is 26.1 Å². The zero-order chi connectivity index (χ0) is 9.80. The van der Waals surface area contributed by atoms with Crippen LogP contribution in [0.5, 0.6) is 0 Å². The Balaban J connectivity index is 0.00000112. The molecule has 0 aromatic heterocycles. The molecule has 1 saturated heterocycles. The summed E-state index contributed by atoms with van der Waals surface area (Å²) in [6, 6.07) is 8.53. The monoisotopic (exact) mass is 227 g/mol. The summed E-state index contributed by atoms with van der Waals surface area (Å²) < 4.78 is 5.77. The fraction of sp³-hybridized carbons (Fsp3) is 0.500. The first-order chi connectivity index (χ1) is 6.84. The van der Waals surface area contributed by atoms with Crippen LogP contribution in [0.2, 0.25) is 0 Å². The summed E-state index contributed by atoms with van der Waals surface area (Å²) in [5, 5.41) is 3.29. The summed E-state index contributed by atoms with van der Waals surface area (Å²) in [4.78, 5) is 0. The summed E-state index contributed by atoms with van der Waals surface area (Å²) >= 11 is 0. The lowest BCUT2D eigenvalue weighted by molar-refractivity contribution is 0.0542.